The van der Waals surface area contributed by atoms with E-state index in [9.17, 15) is 9.90 Å². The number of carboxylic acid groups (broad SMARTS) is 1. The molecule has 0 aliphatic heterocycles. The summed E-state index contributed by atoms with van der Waals surface area (Å²) in [6.07, 6.45) is 0. The van der Waals surface area contributed by atoms with E-state index >= 15 is 0 Å². The minimum absolute atomic E-state index is 0.573. The molecule has 0 aliphatic carbocycles. The van der Waals surface area contributed by atoms with Crippen molar-refractivity contribution in [1.82, 2.24) is 9.80 Å². The van der Waals surface area contributed by atoms with E-state index < -0.39 is 12.0 Å². The lowest BCUT2D eigenvalue weighted by atomic mass is 10.1. The Balaban J connectivity index is 2.71. The Labute approximate surface area is 109 Å². The van der Waals surface area contributed by atoms with Gasteiger partial charge in [0.15, 0.2) is 0 Å². The molecule has 0 saturated carbocycles. The highest BCUT2D eigenvalue weighted by Gasteiger charge is 2.24. The van der Waals surface area contributed by atoms with Crippen LogP contribution in [0.15, 0.2) is 30.3 Å². The molecule has 0 aliphatic rings. The number of aliphatic carboxylic acids is 1. The molecule has 0 spiro atoms. The van der Waals surface area contributed by atoms with Crippen molar-refractivity contribution in [2.24, 2.45) is 0 Å². The van der Waals surface area contributed by atoms with Crippen LogP contribution in [-0.4, -0.2) is 54.6 Å². The Bertz CT molecular complexity index is 367. The molecule has 0 amide bonds. The highest BCUT2D eigenvalue weighted by atomic mass is 16.4. The average Bonchev–Trinajstić information content (AvgIpc) is 2.37. The number of nitrogens with zero attached hydrogens (tertiary/aromatic N) is 2. The van der Waals surface area contributed by atoms with Gasteiger partial charge in [-0.2, -0.15) is 0 Å². The van der Waals surface area contributed by atoms with Crippen molar-refractivity contribution in [2.45, 2.75) is 13.0 Å². The van der Waals surface area contributed by atoms with Crippen molar-refractivity contribution in [1.29, 1.82) is 0 Å². The zero-order valence-corrected chi connectivity index (χ0v) is 11.3. The standard InChI is InChI=1S/C14H22N2O2/c1-4-15(2)10-11-16(3)13(14(17)18)12-8-6-5-7-9-12/h5-9,13H,4,10-11H2,1-3H3,(H,17,18). The third-order valence-corrected chi connectivity index (χ3v) is 3.16. The van der Waals surface area contributed by atoms with Crippen LogP contribution in [0.2, 0.25) is 0 Å². The molecule has 0 radical (unpaired) electrons. The van der Waals surface area contributed by atoms with Gasteiger partial charge in [-0.3, -0.25) is 9.69 Å². The second-order valence-corrected chi connectivity index (χ2v) is 4.53. The largest absolute Gasteiger partial charge is 0.480 e. The summed E-state index contributed by atoms with van der Waals surface area (Å²) in [5, 5.41) is 9.36. The Morgan fingerprint density at radius 1 is 1.22 bits per heavy atom. The van der Waals surface area contributed by atoms with Gasteiger partial charge in [0.05, 0.1) is 0 Å². The lowest BCUT2D eigenvalue weighted by molar-refractivity contribution is -0.143. The lowest BCUT2D eigenvalue weighted by Gasteiger charge is -2.26. The number of carboxylic acids is 1. The van der Waals surface area contributed by atoms with Crippen LogP contribution < -0.4 is 0 Å². The van der Waals surface area contributed by atoms with Crippen LogP contribution in [0.5, 0.6) is 0 Å². The van der Waals surface area contributed by atoms with E-state index in [0.717, 1.165) is 25.2 Å². The molecule has 0 aromatic heterocycles. The Kier molecular flexibility index (Phi) is 5.82. The number of likely N-dealkylation sites (N-methyl/N-ethyl adjacent to an activating group) is 2. The minimum atomic E-state index is -0.803. The van der Waals surface area contributed by atoms with E-state index in [1.165, 1.54) is 0 Å². The quantitative estimate of drug-likeness (QED) is 0.800. The van der Waals surface area contributed by atoms with Crippen LogP contribution >= 0.6 is 0 Å². The van der Waals surface area contributed by atoms with E-state index in [4.69, 9.17) is 0 Å². The van der Waals surface area contributed by atoms with Crippen LogP contribution in [0.3, 0.4) is 0 Å². The molecule has 1 N–H and O–H groups in total. The molecular weight excluding hydrogens is 228 g/mol. The van der Waals surface area contributed by atoms with Crippen molar-refractivity contribution >= 4 is 5.97 Å². The van der Waals surface area contributed by atoms with Gasteiger partial charge in [0.1, 0.15) is 6.04 Å². The molecule has 1 aromatic carbocycles. The molecule has 4 nitrogen and oxygen atoms in total. The molecule has 18 heavy (non-hydrogen) atoms. The monoisotopic (exact) mass is 250 g/mol. The predicted octanol–water partition coefficient (Wildman–Crippen LogP) is 1.70. The maximum Gasteiger partial charge on any atom is 0.325 e. The summed E-state index contributed by atoms with van der Waals surface area (Å²) in [5.74, 6) is -0.803. The van der Waals surface area contributed by atoms with Gasteiger partial charge in [0, 0.05) is 13.1 Å². The maximum absolute atomic E-state index is 11.4. The normalized spacial score (nSPS) is 12.9. The summed E-state index contributed by atoms with van der Waals surface area (Å²) in [5.41, 5.74) is 0.826. The SMILES string of the molecule is CCN(C)CCN(C)C(C(=O)O)c1ccccc1. The Hall–Kier alpha value is -1.39. The fourth-order valence-corrected chi connectivity index (χ4v) is 1.84. The summed E-state index contributed by atoms with van der Waals surface area (Å²) < 4.78 is 0. The van der Waals surface area contributed by atoms with Gasteiger partial charge in [-0.15, -0.1) is 0 Å². The van der Waals surface area contributed by atoms with E-state index in [0.29, 0.717) is 0 Å². The van der Waals surface area contributed by atoms with E-state index in [1.807, 2.05) is 49.3 Å². The third-order valence-electron chi connectivity index (χ3n) is 3.16. The average molecular weight is 250 g/mol. The maximum atomic E-state index is 11.4. The first-order chi connectivity index (χ1) is 8.56. The Morgan fingerprint density at radius 2 is 1.83 bits per heavy atom. The van der Waals surface area contributed by atoms with Crippen LogP contribution in [0.25, 0.3) is 0 Å². The molecule has 1 aromatic rings. The minimum Gasteiger partial charge on any atom is -0.480 e. The Morgan fingerprint density at radius 3 is 2.33 bits per heavy atom. The number of hydrogen-bond acceptors (Lipinski definition) is 3. The number of rotatable bonds is 7. The van der Waals surface area contributed by atoms with Crippen molar-refractivity contribution in [2.75, 3.05) is 33.7 Å². The van der Waals surface area contributed by atoms with Crippen molar-refractivity contribution in [3.63, 3.8) is 0 Å². The second-order valence-electron chi connectivity index (χ2n) is 4.53. The van der Waals surface area contributed by atoms with E-state index in [1.54, 1.807) is 0 Å². The number of hydrogen-bond donors (Lipinski definition) is 1. The van der Waals surface area contributed by atoms with E-state index in [2.05, 4.69) is 11.8 Å². The molecule has 1 atom stereocenters. The smallest absolute Gasteiger partial charge is 0.325 e. The fraction of sp³-hybridized carbons (Fsp3) is 0.500. The summed E-state index contributed by atoms with van der Waals surface area (Å²) in [6.45, 7) is 4.66. The molecule has 1 unspecified atom stereocenters. The van der Waals surface area contributed by atoms with Crippen LogP contribution in [0.4, 0.5) is 0 Å². The first-order valence-corrected chi connectivity index (χ1v) is 6.22. The van der Waals surface area contributed by atoms with Gasteiger partial charge in [0.2, 0.25) is 0 Å². The van der Waals surface area contributed by atoms with Crippen molar-refractivity contribution in [3.8, 4) is 0 Å². The van der Waals surface area contributed by atoms with Gasteiger partial charge >= 0.3 is 5.97 Å². The number of benzene rings is 1. The van der Waals surface area contributed by atoms with Crippen LogP contribution in [-0.2, 0) is 4.79 Å². The van der Waals surface area contributed by atoms with Crippen molar-refractivity contribution < 1.29 is 9.90 Å². The summed E-state index contributed by atoms with van der Waals surface area (Å²) >= 11 is 0. The highest BCUT2D eigenvalue weighted by molar-refractivity contribution is 5.75. The topological polar surface area (TPSA) is 43.8 Å². The molecule has 0 heterocycles. The zero-order chi connectivity index (χ0) is 13.5. The molecule has 1 rings (SSSR count). The molecule has 0 fully saturated rings. The summed E-state index contributed by atoms with van der Waals surface area (Å²) in [6, 6.07) is 8.79. The van der Waals surface area contributed by atoms with Crippen molar-refractivity contribution in [3.05, 3.63) is 35.9 Å². The van der Waals surface area contributed by atoms with Gasteiger partial charge in [0.25, 0.3) is 0 Å². The second kappa shape index (κ2) is 7.13. The summed E-state index contributed by atoms with van der Waals surface area (Å²) in [7, 11) is 3.89. The van der Waals surface area contributed by atoms with Gasteiger partial charge in [-0.1, -0.05) is 37.3 Å². The zero-order valence-electron chi connectivity index (χ0n) is 11.3. The first-order valence-electron chi connectivity index (χ1n) is 6.22. The summed E-state index contributed by atoms with van der Waals surface area (Å²) in [4.78, 5) is 15.4. The first kappa shape index (κ1) is 14.7. The molecule has 4 heteroatoms. The van der Waals surface area contributed by atoms with E-state index in [-0.39, 0.29) is 0 Å². The molecule has 0 saturated heterocycles. The highest BCUT2D eigenvalue weighted by Crippen LogP contribution is 2.19. The fourth-order valence-electron chi connectivity index (χ4n) is 1.84. The molecule has 0 bridgehead atoms. The number of carbonyl (C=O) groups is 1. The van der Waals surface area contributed by atoms with Gasteiger partial charge in [-0.05, 0) is 26.2 Å². The third kappa shape index (κ3) is 4.13. The predicted molar refractivity (Wildman–Crippen MR) is 72.6 cm³/mol. The van der Waals surface area contributed by atoms with Crippen LogP contribution in [0.1, 0.15) is 18.5 Å². The van der Waals surface area contributed by atoms with Crippen LogP contribution in [0, 0.1) is 0 Å². The molecular formula is C14H22N2O2. The van der Waals surface area contributed by atoms with Gasteiger partial charge < -0.3 is 10.0 Å². The lowest BCUT2D eigenvalue weighted by Crippen LogP contribution is -2.36. The molecule has 100 valence electrons. The van der Waals surface area contributed by atoms with Gasteiger partial charge in [-0.25, -0.2) is 0 Å².